The van der Waals surface area contributed by atoms with Gasteiger partial charge < -0.3 is 69.2 Å². The van der Waals surface area contributed by atoms with Gasteiger partial charge in [0.1, 0.15) is 36.1 Å². The highest BCUT2D eigenvalue weighted by molar-refractivity contribution is 5.81. The highest BCUT2D eigenvalue weighted by Gasteiger charge is 2.36. The van der Waals surface area contributed by atoms with E-state index in [1.165, 1.54) is 0 Å². The lowest BCUT2D eigenvalue weighted by molar-refractivity contribution is -0.166. The molecule has 22 nitrogen and oxygen atoms in total. The van der Waals surface area contributed by atoms with E-state index in [0.29, 0.717) is 59.1 Å². The summed E-state index contributed by atoms with van der Waals surface area (Å²) < 4.78 is 37.9. The number of aldehydes is 3. The van der Waals surface area contributed by atoms with E-state index >= 15 is 0 Å². The molecule has 1 aliphatic rings. The molecular weight excluding hydrogens is 1090 g/mol. The third-order valence-corrected chi connectivity index (χ3v) is 11.9. The SMILES string of the molecule is CC.CNC(CCCCN)C(=O)NCC(C)(C)COCC(C)(C)CNC(=O)CCC(C(=O)OC(C)(C)C)N1CN(CC=O)CN(CC(=O)OC(C)(C)C)CN(CC=O)C1.COC(C)(C)C.COC(C)(C)C.COCC(C)(C)COCC(C)(C)C=O. The van der Waals surface area contributed by atoms with E-state index in [-0.39, 0.29) is 104 Å². The topological polar surface area (TPSA) is 259 Å². The van der Waals surface area contributed by atoms with Gasteiger partial charge >= 0.3 is 11.9 Å². The monoisotopic (exact) mass is 1220 g/mol. The number of nitrogens with zero attached hydrogens (tertiary/aromatic N) is 4. The van der Waals surface area contributed by atoms with Gasteiger partial charge in [0.15, 0.2) is 0 Å². The quantitative estimate of drug-likeness (QED) is 0.0298. The van der Waals surface area contributed by atoms with Gasteiger partial charge in [0.2, 0.25) is 11.8 Å². The van der Waals surface area contributed by atoms with Gasteiger partial charge in [-0.2, -0.15) is 0 Å². The maximum Gasteiger partial charge on any atom is 0.323 e. The van der Waals surface area contributed by atoms with Crippen molar-refractivity contribution in [2.24, 2.45) is 27.4 Å². The summed E-state index contributed by atoms with van der Waals surface area (Å²) in [5.41, 5.74) is 3.06. The molecule has 0 aliphatic carbocycles. The zero-order valence-corrected chi connectivity index (χ0v) is 58.6. The summed E-state index contributed by atoms with van der Waals surface area (Å²) in [6.45, 7) is 47.1. The van der Waals surface area contributed by atoms with Gasteiger partial charge in [-0.15, -0.1) is 0 Å². The Labute approximate surface area is 516 Å². The van der Waals surface area contributed by atoms with Crippen LogP contribution in [0.2, 0.25) is 0 Å². The summed E-state index contributed by atoms with van der Waals surface area (Å²) in [5, 5.41) is 9.10. The molecular formula is C63H128N8O14. The summed E-state index contributed by atoms with van der Waals surface area (Å²) in [5.74, 6) is -1.28. The molecule has 0 bridgehead atoms. The Bertz CT molecular complexity index is 1790. The van der Waals surface area contributed by atoms with Crippen LogP contribution in [0.3, 0.4) is 0 Å². The Morgan fingerprint density at radius 1 is 0.553 bits per heavy atom. The molecule has 0 aromatic carbocycles. The van der Waals surface area contributed by atoms with Crippen molar-refractivity contribution >= 4 is 42.6 Å². The lowest BCUT2D eigenvalue weighted by Gasteiger charge is -2.43. The van der Waals surface area contributed by atoms with Crippen LogP contribution in [0.15, 0.2) is 0 Å². The summed E-state index contributed by atoms with van der Waals surface area (Å²) in [6, 6.07) is -1.16. The van der Waals surface area contributed by atoms with E-state index < -0.39 is 34.6 Å². The normalized spacial score (nSPS) is 15.2. The summed E-state index contributed by atoms with van der Waals surface area (Å²) in [4.78, 5) is 93.8. The number of nitrogens with one attached hydrogen (secondary N) is 3. The maximum absolute atomic E-state index is 13.8. The van der Waals surface area contributed by atoms with Gasteiger partial charge in [-0.3, -0.25) is 38.8 Å². The second-order valence-corrected chi connectivity index (χ2v) is 28.5. The van der Waals surface area contributed by atoms with Gasteiger partial charge in [-0.25, -0.2) is 0 Å². The second kappa shape index (κ2) is 44.0. The molecule has 5 N–H and O–H groups in total. The predicted molar refractivity (Wildman–Crippen MR) is 340 cm³/mol. The van der Waals surface area contributed by atoms with E-state index in [4.69, 9.17) is 38.9 Å². The predicted octanol–water partition coefficient (Wildman–Crippen LogP) is 7.08. The Kier molecular flexibility index (Phi) is 45.5. The van der Waals surface area contributed by atoms with Gasteiger partial charge in [0.25, 0.3) is 0 Å². The average molecular weight is 1220 g/mol. The number of hydrogen-bond donors (Lipinski definition) is 4. The number of rotatable bonds is 32. The number of unbranched alkanes of at least 4 members (excludes halogenated alkanes) is 1. The standard InChI is InChI=1S/C40H76N8O9.C11H22O3.2C5H12O.C2H6/c1-37(2,3)56-34(52)22-47-27-45(18-20-49)29-48(30-46(28-47)19-21-50)32(36(54)57-38(4,5)6)15-16-33(51)43-23-39(7,8)25-55-26-40(9,10)24-44-35(53)31(42-11)14-12-13-17-41;1-10(2,6-12)8-14-9-11(3,4)7-13-5;2*1-5(2,3)6-4;1-2/h20-21,31-32,42H,12-19,22-30,41H2,1-11H3,(H,43,51)(H,44,53);6H,7-9H2,1-5H3;2*1-4H3;1-2H3. The molecule has 0 saturated carbocycles. The van der Waals surface area contributed by atoms with E-state index in [1.807, 2.05) is 102 Å². The van der Waals surface area contributed by atoms with Crippen LogP contribution >= 0.6 is 0 Å². The first kappa shape index (κ1) is 87.9. The average Bonchev–Trinajstić information content (AvgIpc) is 3.58. The number of hydrogen-bond acceptors (Lipinski definition) is 20. The van der Waals surface area contributed by atoms with Crippen LogP contribution in [-0.2, 0) is 66.7 Å². The molecule has 0 radical (unpaired) electrons. The Morgan fingerprint density at radius 2 is 0.988 bits per heavy atom. The molecule has 22 heteroatoms. The molecule has 2 unspecified atom stereocenters. The Balaban J connectivity index is -0.000000955. The fraction of sp³-hybridized carbons (Fsp3) is 0.889. The first-order valence-electron chi connectivity index (χ1n) is 30.2. The summed E-state index contributed by atoms with van der Waals surface area (Å²) >= 11 is 0. The van der Waals surface area contributed by atoms with Crippen molar-refractivity contribution in [3.8, 4) is 0 Å². The first-order valence-corrected chi connectivity index (χ1v) is 30.2. The lowest BCUT2D eigenvalue weighted by Crippen LogP contribution is -2.60. The zero-order valence-electron chi connectivity index (χ0n) is 58.6. The maximum atomic E-state index is 13.8. The number of carbonyl (C=O) groups excluding carboxylic acids is 7. The molecule has 1 saturated heterocycles. The molecule has 0 aromatic heterocycles. The minimum absolute atomic E-state index is 0.00765. The number of amides is 2. The van der Waals surface area contributed by atoms with Crippen molar-refractivity contribution in [1.29, 1.82) is 0 Å². The summed E-state index contributed by atoms with van der Waals surface area (Å²) in [7, 11) is 6.87. The molecule has 0 spiro atoms. The number of nitrogens with two attached hydrogens (primary N) is 1. The van der Waals surface area contributed by atoms with E-state index in [9.17, 15) is 33.6 Å². The van der Waals surface area contributed by atoms with Crippen molar-refractivity contribution in [1.82, 2.24) is 35.6 Å². The van der Waals surface area contributed by atoms with Crippen molar-refractivity contribution in [3.05, 3.63) is 0 Å². The smallest absolute Gasteiger partial charge is 0.323 e. The van der Waals surface area contributed by atoms with Gasteiger partial charge in [-0.05, 0) is 116 Å². The molecule has 2 atom stereocenters. The fourth-order valence-electron chi connectivity index (χ4n) is 7.18. The van der Waals surface area contributed by atoms with Gasteiger partial charge in [0, 0.05) is 62.5 Å². The Morgan fingerprint density at radius 3 is 1.38 bits per heavy atom. The van der Waals surface area contributed by atoms with Crippen LogP contribution in [0.1, 0.15) is 184 Å². The molecule has 1 rings (SSSR count). The van der Waals surface area contributed by atoms with Crippen molar-refractivity contribution < 1.29 is 66.7 Å². The van der Waals surface area contributed by atoms with Crippen molar-refractivity contribution in [2.45, 2.75) is 219 Å². The number of methoxy groups -OCH3 is 3. The zero-order chi connectivity index (χ0) is 67.1. The van der Waals surface area contributed by atoms with Crippen molar-refractivity contribution in [3.63, 3.8) is 0 Å². The van der Waals surface area contributed by atoms with Crippen LogP contribution in [-0.4, -0.2) is 224 Å². The van der Waals surface area contributed by atoms with Crippen LogP contribution in [0.4, 0.5) is 0 Å². The highest BCUT2D eigenvalue weighted by atomic mass is 16.6. The molecule has 0 aromatic rings. The third kappa shape index (κ3) is 52.1. The largest absolute Gasteiger partial charge is 0.459 e. The molecule has 2 amide bonds. The molecule has 1 aliphatic heterocycles. The lowest BCUT2D eigenvalue weighted by atomic mass is 9.92. The van der Waals surface area contributed by atoms with Crippen molar-refractivity contribution in [2.75, 3.05) is 127 Å². The number of likely N-dealkylation sites (N-methyl/N-ethyl adjacent to an activating group) is 1. The summed E-state index contributed by atoms with van der Waals surface area (Å²) in [6.07, 6.45) is 5.02. The number of ether oxygens (including phenoxy) is 7. The van der Waals surface area contributed by atoms with Crippen LogP contribution in [0, 0.1) is 21.7 Å². The minimum Gasteiger partial charge on any atom is -0.459 e. The fourth-order valence-corrected chi connectivity index (χ4v) is 7.18. The first-order chi connectivity index (χ1) is 38.9. The van der Waals surface area contributed by atoms with Crippen LogP contribution in [0.5, 0.6) is 0 Å². The highest BCUT2D eigenvalue weighted by Crippen LogP contribution is 2.22. The van der Waals surface area contributed by atoms with E-state index in [0.717, 1.165) is 31.7 Å². The molecule has 1 heterocycles. The van der Waals surface area contributed by atoms with Gasteiger partial charge in [0.05, 0.1) is 96.6 Å². The van der Waals surface area contributed by atoms with E-state index in [2.05, 4.69) is 29.8 Å². The molecule has 85 heavy (non-hydrogen) atoms. The Hall–Kier alpha value is -3.55. The molecule has 504 valence electrons. The third-order valence-electron chi connectivity index (χ3n) is 11.9. The van der Waals surface area contributed by atoms with E-state index in [1.54, 1.807) is 84.6 Å². The number of esters is 2. The number of carbonyl (C=O) groups is 7. The van der Waals surface area contributed by atoms with Gasteiger partial charge in [-0.1, -0.05) is 75.7 Å². The second-order valence-electron chi connectivity index (χ2n) is 28.5. The molecule has 1 fully saturated rings. The van der Waals surface area contributed by atoms with Crippen LogP contribution in [0.25, 0.3) is 0 Å². The minimum atomic E-state index is -0.885. The van der Waals surface area contributed by atoms with Crippen LogP contribution < -0.4 is 21.7 Å².